The van der Waals surface area contributed by atoms with Gasteiger partial charge in [0.05, 0.1) is 17.9 Å². The van der Waals surface area contributed by atoms with E-state index in [4.69, 9.17) is 23.4 Å². The van der Waals surface area contributed by atoms with Crippen LogP contribution in [0.2, 0.25) is 5.15 Å². The highest BCUT2D eigenvalue weighted by Crippen LogP contribution is 2.24. The first-order valence-electron chi connectivity index (χ1n) is 7.28. The summed E-state index contributed by atoms with van der Waals surface area (Å²) in [5, 5.41) is 12.2. The van der Waals surface area contributed by atoms with Gasteiger partial charge in [0.1, 0.15) is 0 Å². The van der Waals surface area contributed by atoms with E-state index in [-0.39, 0.29) is 0 Å². The van der Waals surface area contributed by atoms with Crippen LogP contribution < -0.4 is 5.32 Å². The normalized spacial score (nSPS) is 17.0. The maximum Gasteiger partial charge on any atom is 0.247 e. The first-order valence-corrected chi connectivity index (χ1v) is 7.99. The highest BCUT2D eigenvalue weighted by molar-refractivity contribution is 6.32. The Bertz CT molecular complexity index is 820. The lowest BCUT2D eigenvalue weighted by atomic mass is 10.1. The van der Waals surface area contributed by atoms with Crippen LogP contribution in [-0.2, 0) is 0 Å². The lowest BCUT2D eigenvalue weighted by Gasteiger charge is -2.26. The minimum atomic E-state index is 0.316. The van der Waals surface area contributed by atoms with Gasteiger partial charge in [-0.1, -0.05) is 11.6 Å². The van der Waals surface area contributed by atoms with Crippen LogP contribution in [0.5, 0.6) is 0 Å². The second-order valence-electron chi connectivity index (χ2n) is 5.40. The fraction of sp³-hybridized carbons (Fsp3) is 0.385. The lowest BCUT2D eigenvalue weighted by Crippen LogP contribution is -2.28. The van der Waals surface area contributed by atoms with Crippen molar-refractivity contribution in [1.29, 1.82) is 0 Å². The standard InChI is InChI=1S/C13H14Cl2N8/c14-11-12-19-13(20-22(12)6-3-16-11)18-9-7-17-23(8-9)10-1-4-21(15)5-2-10/h3,6-8,10H,1-2,4-5H2,(H,18,20). The summed E-state index contributed by atoms with van der Waals surface area (Å²) in [4.78, 5) is 8.31. The summed E-state index contributed by atoms with van der Waals surface area (Å²) in [6.07, 6.45) is 8.97. The zero-order valence-corrected chi connectivity index (χ0v) is 13.6. The van der Waals surface area contributed by atoms with Crippen LogP contribution >= 0.6 is 23.4 Å². The largest absolute Gasteiger partial charge is 0.320 e. The minimum Gasteiger partial charge on any atom is -0.320 e. The molecule has 4 heterocycles. The summed E-state index contributed by atoms with van der Waals surface area (Å²) in [5.41, 5.74) is 1.34. The number of hydrogen-bond donors (Lipinski definition) is 1. The van der Waals surface area contributed by atoms with Crippen LogP contribution in [0.15, 0.2) is 24.8 Å². The van der Waals surface area contributed by atoms with Gasteiger partial charge in [-0.15, -0.1) is 5.10 Å². The van der Waals surface area contributed by atoms with Gasteiger partial charge >= 0.3 is 0 Å². The van der Waals surface area contributed by atoms with Crippen molar-refractivity contribution in [1.82, 2.24) is 33.8 Å². The fourth-order valence-electron chi connectivity index (χ4n) is 2.67. The third kappa shape index (κ3) is 2.97. The monoisotopic (exact) mass is 352 g/mol. The molecule has 0 atom stereocenters. The Morgan fingerprint density at radius 2 is 2.09 bits per heavy atom. The summed E-state index contributed by atoms with van der Waals surface area (Å²) in [7, 11) is 0. The van der Waals surface area contributed by atoms with E-state index in [0.29, 0.717) is 22.8 Å². The summed E-state index contributed by atoms with van der Waals surface area (Å²) in [5.74, 6) is 0.454. The summed E-state index contributed by atoms with van der Waals surface area (Å²) >= 11 is 12.0. The SMILES string of the molecule is Clc1nccn2nc(Nc3cnn(C4CCN(Cl)CC4)c3)nc12. The van der Waals surface area contributed by atoms with Gasteiger partial charge < -0.3 is 5.32 Å². The molecule has 0 amide bonds. The van der Waals surface area contributed by atoms with Gasteiger partial charge in [0, 0.05) is 31.7 Å². The number of halogens is 2. The van der Waals surface area contributed by atoms with Crippen molar-refractivity contribution in [2.45, 2.75) is 18.9 Å². The highest BCUT2D eigenvalue weighted by Gasteiger charge is 2.20. The van der Waals surface area contributed by atoms with Crippen molar-refractivity contribution in [2.24, 2.45) is 0 Å². The van der Waals surface area contributed by atoms with Crippen LogP contribution in [-0.4, -0.2) is 46.9 Å². The maximum atomic E-state index is 6.00. The van der Waals surface area contributed by atoms with E-state index in [9.17, 15) is 0 Å². The van der Waals surface area contributed by atoms with E-state index in [1.807, 2.05) is 15.3 Å². The summed E-state index contributed by atoms with van der Waals surface area (Å²) < 4.78 is 5.37. The predicted molar refractivity (Wildman–Crippen MR) is 87.0 cm³/mol. The van der Waals surface area contributed by atoms with Gasteiger partial charge in [-0.2, -0.15) is 10.1 Å². The summed E-state index contributed by atoms with van der Waals surface area (Å²) in [6.45, 7) is 1.74. The second-order valence-corrected chi connectivity index (χ2v) is 6.23. The number of anilines is 2. The van der Waals surface area contributed by atoms with Gasteiger partial charge in [0.2, 0.25) is 5.95 Å². The Morgan fingerprint density at radius 3 is 2.87 bits per heavy atom. The molecule has 0 spiro atoms. The first kappa shape index (κ1) is 14.7. The van der Waals surface area contributed by atoms with E-state index in [2.05, 4.69) is 25.5 Å². The molecular formula is C13H14Cl2N8. The van der Waals surface area contributed by atoms with Crippen LogP contribution in [0.25, 0.3) is 5.65 Å². The quantitative estimate of drug-likeness (QED) is 0.729. The molecule has 3 aromatic rings. The molecule has 0 radical (unpaired) electrons. The molecule has 1 aliphatic rings. The van der Waals surface area contributed by atoms with Gasteiger partial charge in [0.15, 0.2) is 10.8 Å². The number of fused-ring (bicyclic) bond motifs is 1. The molecule has 0 aromatic carbocycles. The molecular weight excluding hydrogens is 339 g/mol. The molecule has 1 aliphatic heterocycles. The van der Waals surface area contributed by atoms with Gasteiger partial charge in [-0.3, -0.25) is 4.68 Å². The molecule has 4 rings (SSSR count). The van der Waals surface area contributed by atoms with Crippen molar-refractivity contribution in [2.75, 3.05) is 18.4 Å². The first-order chi connectivity index (χ1) is 11.2. The van der Waals surface area contributed by atoms with Crippen molar-refractivity contribution >= 4 is 40.7 Å². The molecule has 0 saturated carbocycles. The van der Waals surface area contributed by atoms with Crippen molar-refractivity contribution < 1.29 is 0 Å². The molecule has 8 nitrogen and oxygen atoms in total. The predicted octanol–water partition coefficient (Wildman–Crippen LogP) is 2.51. The Labute approximate surface area is 142 Å². The second kappa shape index (κ2) is 5.95. The molecule has 0 unspecified atom stereocenters. The molecule has 3 aromatic heterocycles. The number of nitrogens with one attached hydrogen (secondary N) is 1. The van der Waals surface area contributed by atoms with Crippen LogP contribution in [0.3, 0.4) is 0 Å². The van der Waals surface area contributed by atoms with E-state index in [1.165, 1.54) is 0 Å². The van der Waals surface area contributed by atoms with Crippen LogP contribution in [0, 0.1) is 0 Å². The minimum absolute atomic E-state index is 0.316. The third-order valence-corrected chi connectivity index (χ3v) is 4.46. The van der Waals surface area contributed by atoms with E-state index in [0.717, 1.165) is 31.6 Å². The Hall–Kier alpha value is -1.90. The zero-order chi connectivity index (χ0) is 15.8. The molecule has 1 saturated heterocycles. The number of nitrogens with zero attached hydrogens (tertiary/aromatic N) is 7. The number of piperidine rings is 1. The van der Waals surface area contributed by atoms with E-state index < -0.39 is 0 Å². The molecule has 1 fully saturated rings. The van der Waals surface area contributed by atoms with Gasteiger partial charge in [0.25, 0.3) is 0 Å². The molecule has 120 valence electrons. The van der Waals surface area contributed by atoms with Crippen molar-refractivity contribution in [3.8, 4) is 0 Å². The fourth-order valence-corrected chi connectivity index (χ4v) is 3.05. The highest BCUT2D eigenvalue weighted by atomic mass is 35.5. The number of aromatic nitrogens is 6. The molecule has 1 N–H and O–H groups in total. The van der Waals surface area contributed by atoms with E-state index >= 15 is 0 Å². The topological polar surface area (TPSA) is 76.2 Å². The zero-order valence-electron chi connectivity index (χ0n) is 12.1. The average Bonchev–Trinajstić information content (AvgIpc) is 3.16. The van der Waals surface area contributed by atoms with Crippen LogP contribution in [0.1, 0.15) is 18.9 Å². The number of hydrogen-bond acceptors (Lipinski definition) is 6. The molecule has 0 bridgehead atoms. The Balaban J connectivity index is 1.51. The Kier molecular flexibility index (Phi) is 3.80. The van der Waals surface area contributed by atoms with Crippen LogP contribution in [0.4, 0.5) is 11.6 Å². The Morgan fingerprint density at radius 1 is 1.26 bits per heavy atom. The molecule has 10 heteroatoms. The lowest BCUT2D eigenvalue weighted by molar-refractivity contribution is 0.269. The van der Waals surface area contributed by atoms with Gasteiger partial charge in [-0.05, 0) is 24.6 Å². The molecule has 23 heavy (non-hydrogen) atoms. The van der Waals surface area contributed by atoms with Crippen molar-refractivity contribution in [3.05, 3.63) is 29.9 Å². The average molecular weight is 353 g/mol. The van der Waals surface area contributed by atoms with Crippen molar-refractivity contribution in [3.63, 3.8) is 0 Å². The smallest absolute Gasteiger partial charge is 0.247 e. The molecule has 0 aliphatic carbocycles. The summed E-state index contributed by atoms with van der Waals surface area (Å²) in [6, 6.07) is 0.369. The third-order valence-electron chi connectivity index (χ3n) is 3.85. The van der Waals surface area contributed by atoms with Gasteiger partial charge in [-0.25, -0.2) is 13.9 Å². The maximum absolute atomic E-state index is 6.00. The van der Waals surface area contributed by atoms with E-state index in [1.54, 1.807) is 23.1 Å². The number of rotatable bonds is 3.